The van der Waals surface area contributed by atoms with Gasteiger partial charge >= 0.3 is 0 Å². The zero-order valence-electron chi connectivity index (χ0n) is 10.8. The van der Waals surface area contributed by atoms with Crippen LogP contribution in [0.5, 0.6) is 0 Å². The molecule has 0 heterocycles. The Bertz CT molecular complexity index is 380. The number of amides is 1. The minimum absolute atomic E-state index is 0.000845. The Morgan fingerprint density at radius 2 is 1.94 bits per heavy atom. The third-order valence-electron chi connectivity index (χ3n) is 2.57. The van der Waals surface area contributed by atoms with Crippen molar-refractivity contribution in [3.8, 4) is 0 Å². The van der Waals surface area contributed by atoms with E-state index >= 15 is 0 Å². The Morgan fingerprint density at radius 3 is 2.53 bits per heavy atom. The summed E-state index contributed by atoms with van der Waals surface area (Å²) in [5, 5.41) is 11.6. The molecule has 0 saturated heterocycles. The number of benzene rings is 1. The smallest absolute Gasteiger partial charge is 0.224 e. The maximum atomic E-state index is 11.6. The van der Waals surface area contributed by atoms with Gasteiger partial charge in [-0.2, -0.15) is 0 Å². The summed E-state index contributed by atoms with van der Waals surface area (Å²) in [4.78, 5) is 11.6. The second-order valence-corrected chi connectivity index (χ2v) is 5.17. The molecule has 0 saturated carbocycles. The molecule has 0 aliphatic heterocycles. The van der Waals surface area contributed by atoms with Crippen molar-refractivity contribution in [3.05, 3.63) is 29.8 Å². The van der Waals surface area contributed by atoms with Gasteiger partial charge in [0.25, 0.3) is 0 Å². The van der Waals surface area contributed by atoms with E-state index in [4.69, 9.17) is 5.11 Å². The van der Waals surface area contributed by atoms with E-state index in [0.29, 0.717) is 12.8 Å². The highest BCUT2D eigenvalue weighted by Gasteiger charge is 2.18. The van der Waals surface area contributed by atoms with Crippen LogP contribution in [0, 0.1) is 0 Å². The fraction of sp³-hybridized carbons (Fsp3) is 0.500. The summed E-state index contributed by atoms with van der Waals surface area (Å²) >= 11 is 0. The minimum Gasteiger partial charge on any atom is -0.396 e. The van der Waals surface area contributed by atoms with Crippen molar-refractivity contribution >= 4 is 11.6 Å². The van der Waals surface area contributed by atoms with Gasteiger partial charge in [0.05, 0.1) is 0 Å². The molecular formula is C14H21NO2. The Kier molecular flexibility index (Phi) is 4.70. The van der Waals surface area contributed by atoms with E-state index in [1.165, 1.54) is 0 Å². The zero-order valence-corrected chi connectivity index (χ0v) is 10.8. The van der Waals surface area contributed by atoms with Crippen molar-refractivity contribution in [1.82, 2.24) is 0 Å². The van der Waals surface area contributed by atoms with Gasteiger partial charge in [0, 0.05) is 18.7 Å². The molecule has 0 unspecified atom stereocenters. The van der Waals surface area contributed by atoms with Crippen LogP contribution in [0.15, 0.2) is 24.3 Å². The zero-order chi connectivity index (χ0) is 12.9. The van der Waals surface area contributed by atoms with Gasteiger partial charge in [-0.05, 0) is 23.5 Å². The molecule has 0 fully saturated rings. The van der Waals surface area contributed by atoms with Gasteiger partial charge in [-0.25, -0.2) is 0 Å². The number of para-hydroxylation sites is 1. The molecule has 3 nitrogen and oxygen atoms in total. The Morgan fingerprint density at radius 1 is 1.29 bits per heavy atom. The topological polar surface area (TPSA) is 49.3 Å². The van der Waals surface area contributed by atoms with Crippen LogP contribution in [0.3, 0.4) is 0 Å². The number of hydrogen-bond donors (Lipinski definition) is 2. The molecule has 0 aliphatic rings. The molecule has 3 heteroatoms. The van der Waals surface area contributed by atoms with Crippen molar-refractivity contribution in [2.45, 2.75) is 39.0 Å². The van der Waals surface area contributed by atoms with Crippen molar-refractivity contribution in [1.29, 1.82) is 0 Å². The average molecular weight is 235 g/mol. The maximum absolute atomic E-state index is 11.6. The van der Waals surface area contributed by atoms with Gasteiger partial charge < -0.3 is 10.4 Å². The van der Waals surface area contributed by atoms with Gasteiger partial charge in [0.2, 0.25) is 5.91 Å². The molecule has 1 aromatic carbocycles. The first-order chi connectivity index (χ1) is 7.95. The largest absolute Gasteiger partial charge is 0.396 e. The molecule has 0 bridgehead atoms. The van der Waals surface area contributed by atoms with E-state index in [9.17, 15) is 4.79 Å². The molecule has 94 valence electrons. The number of carbonyl (C=O) groups excluding carboxylic acids is 1. The van der Waals surface area contributed by atoms with E-state index in [1.807, 2.05) is 24.3 Å². The second-order valence-electron chi connectivity index (χ2n) is 5.17. The number of anilines is 1. The van der Waals surface area contributed by atoms with Crippen LogP contribution in [0.2, 0.25) is 0 Å². The predicted molar refractivity (Wildman–Crippen MR) is 70.1 cm³/mol. The Hall–Kier alpha value is -1.35. The standard InChI is InChI=1S/C14H21NO2/c1-14(2,3)11-7-4-5-8-12(11)15-13(17)9-6-10-16/h4-5,7-8,16H,6,9-10H2,1-3H3,(H,15,17). The Balaban J connectivity index is 2.81. The molecule has 0 radical (unpaired) electrons. The molecule has 0 spiro atoms. The summed E-state index contributed by atoms with van der Waals surface area (Å²) in [6.07, 6.45) is 0.860. The lowest BCUT2D eigenvalue weighted by molar-refractivity contribution is -0.116. The van der Waals surface area contributed by atoms with E-state index in [-0.39, 0.29) is 17.9 Å². The fourth-order valence-electron chi connectivity index (χ4n) is 1.70. The molecule has 2 N–H and O–H groups in total. The molecule has 1 aromatic rings. The van der Waals surface area contributed by atoms with Crippen molar-refractivity contribution in [2.75, 3.05) is 11.9 Å². The molecule has 1 amide bonds. The summed E-state index contributed by atoms with van der Waals surface area (Å²) in [5.74, 6) is -0.0456. The lowest BCUT2D eigenvalue weighted by Gasteiger charge is -2.23. The number of carbonyl (C=O) groups is 1. The summed E-state index contributed by atoms with van der Waals surface area (Å²) < 4.78 is 0. The Labute approximate surface area is 103 Å². The minimum atomic E-state index is -0.0456. The van der Waals surface area contributed by atoms with Gasteiger partial charge in [-0.15, -0.1) is 0 Å². The van der Waals surface area contributed by atoms with E-state index in [1.54, 1.807) is 0 Å². The van der Waals surface area contributed by atoms with Crippen LogP contribution < -0.4 is 5.32 Å². The molecule has 1 rings (SSSR count). The first-order valence-electron chi connectivity index (χ1n) is 5.95. The average Bonchev–Trinajstić information content (AvgIpc) is 2.25. The fourth-order valence-corrected chi connectivity index (χ4v) is 1.70. The molecule has 0 aliphatic carbocycles. The number of nitrogens with one attached hydrogen (secondary N) is 1. The first-order valence-corrected chi connectivity index (χ1v) is 5.95. The third kappa shape index (κ3) is 4.19. The summed E-state index contributed by atoms with van der Waals surface area (Å²) in [7, 11) is 0. The number of hydrogen-bond acceptors (Lipinski definition) is 2. The van der Waals surface area contributed by atoms with Crippen LogP contribution in [-0.2, 0) is 10.2 Å². The van der Waals surface area contributed by atoms with Gasteiger partial charge in [0.1, 0.15) is 0 Å². The number of aliphatic hydroxyl groups excluding tert-OH is 1. The van der Waals surface area contributed by atoms with Gasteiger partial charge in [0.15, 0.2) is 0 Å². The molecule has 0 atom stereocenters. The van der Waals surface area contributed by atoms with Crippen LogP contribution in [-0.4, -0.2) is 17.6 Å². The van der Waals surface area contributed by atoms with Crippen molar-refractivity contribution in [2.24, 2.45) is 0 Å². The number of rotatable bonds is 4. The third-order valence-corrected chi connectivity index (χ3v) is 2.57. The summed E-state index contributed by atoms with van der Waals surface area (Å²) in [6, 6.07) is 7.83. The second kappa shape index (κ2) is 5.82. The highest BCUT2D eigenvalue weighted by atomic mass is 16.3. The number of aliphatic hydroxyl groups is 1. The van der Waals surface area contributed by atoms with Crippen LogP contribution in [0.1, 0.15) is 39.2 Å². The highest BCUT2D eigenvalue weighted by molar-refractivity contribution is 5.91. The SMILES string of the molecule is CC(C)(C)c1ccccc1NC(=O)CCCO. The maximum Gasteiger partial charge on any atom is 0.224 e. The van der Waals surface area contributed by atoms with Crippen LogP contribution >= 0.6 is 0 Å². The highest BCUT2D eigenvalue weighted by Crippen LogP contribution is 2.29. The van der Waals surface area contributed by atoms with Crippen LogP contribution in [0.25, 0.3) is 0 Å². The normalized spacial score (nSPS) is 11.3. The summed E-state index contributed by atoms with van der Waals surface area (Å²) in [6.45, 7) is 6.40. The van der Waals surface area contributed by atoms with E-state index in [2.05, 4.69) is 26.1 Å². The van der Waals surface area contributed by atoms with E-state index in [0.717, 1.165) is 11.3 Å². The summed E-state index contributed by atoms with van der Waals surface area (Å²) in [5.41, 5.74) is 1.99. The molecule has 17 heavy (non-hydrogen) atoms. The van der Waals surface area contributed by atoms with Gasteiger partial charge in [-0.3, -0.25) is 4.79 Å². The van der Waals surface area contributed by atoms with Gasteiger partial charge in [-0.1, -0.05) is 39.0 Å². The molecule has 0 aromatic heterocycles. The van der Waals surface area contributed by atoms with Crippen molar-refractivity contribution in [3.63, 3.8) is 0 Å². The van der Waals surface area contributed by atoms with E-state index < -0.39 is 0 Å². The lowest BCUT2D eigenvalue weighted by atomic mass is 9.86. The van der Waals surface area contributed by atoms with Crippen molar-refractivity contribution < 1.29 is 9.90 Å². The monoisotopic (exact) mass is 235 g/mol. The lowest BCUT2D eigenvalue weighted by Crippen LogP contribution is -2.18. The first kappa shape index (κ1) is 13.7. The quantitative estimate of drug-likeness (QED) is 0.843. The predicted octanol–water partition coefficient (Wildman–Crippen LogP) is 2.70. The van der Waals surface area contributed by atoms with Crippen LogP contribution in [0.4, 0.5) is 5.69 Å². The molecular weight excluding hydrogens is 214 g/mol.